The van der Waals surface area contributed by atoms with E-state index in [1.807, 2.05) is 6.92 Å². The number of amides is 1. The van der Waals surface area contributed by atoms with Crippen LogP contribution >= 0.6 is 0 Å². The second-order valence-corrected chi connectivity index (χ2v) is 5.15. The molecule has 1 unspecified atom stereocenters. The van der Waals surface area contributed by atoms with Crippen LogP contribution in [0.2, 0.25) is 0 Å². The van der Waals surface area contributed by atoms with Crippen LogP contribution in [0, 0.1) is 11.7 Å². The second-order valence-electron chi connectivity index (χ2n) is 5.15. The third kappa shape index (κ3) is 4.85. The molecule has 1 aromatic heterocycles. The van der Waals surface area contributed by atoms with Gasteiger partial charge in [0.15, 0.2) is 0 Å². The predicted octanol–water partition coefficient (Wildman–Crippen LogP) is 2.82. The summed E-state index contributed by atoms with van der Waals surface area (Å²) in [7, 11) is 1.65. The van der Waals surface area contributed by atoms with E-state index in [-0.39, 0.29) is 17.5 Å². The van der Waals surface area contributed by atoms with Crippen LogP contribution in [0.25, 0.3) is 0 Å². The largest absolute Gasteiger partial charge is 0.372 e. The van der Waals surface area contributed by atoms with Gasteiger partial charge in [-0.1, -0.05) is 13.8 Å². The Bertz CT molecular complexity index is 435. The number of hydrogen-bond donors (Lipinski definition) is 2. The first-order chi connectivity index (χ1) is 8.93. The maximum absolute atomic E-state index is 13.2. The molecule has 2 N–H and O–H groups in total. The Balaban J connectivity index is 2.69. The summed E-state index contributed by atoms with van der Waals surface area (Å²) in [5.74, 6) is 0.171. The lowest BCUT2D eigenvalue weighted by molar-refractivity contribution is 0.0937. The van der Waals surface area contributed by atoms with Crippen LogP contribution in [-0.2, 0) is 0 Å². The van der Waals surface area contributed by atoms with Gasteiger partial charge >= 0.3 is 0 Å². The van der Waals surface area contributed by atoms with Crippen molar-refractivity contribution in [1.29, 1.82) is 0 Å². The molecule has 5 heteroatoms. The SMILES string of the molecule is CNc1ncc(F)cc1C(=O)NC(C)CCC(C)C. The van der Waals surface area contributed by atoms with Crippen molar-refractivity contribution in [2.24, 2.45) is 5.92 Å². The molecule has 0 aliphatic carbocycles. The van der Waals surface area contributed by atoms with Crippen LogP contribution in [0.1, 0.15) is 44.0 Å². The van der Waals surface area contributed by atoms with Gasteiger partial charge in [0.1, 0.15) is 11.6 Å². The van der Waals surface area contributed by atoms with Gasteiger partial charge in [0.2, 0.25) is 0 Å². The van der Waals surface area contributed by atoms with Gasteiger partial charge in [-0.2, -0.15) is 0 Å². The van der Waals surface area contributed by atoms with Crippen LogP contribution in [0.4, 0.5) is 10.2 Å². The van der Waals surface area contributed by atoms with Gasteiger partial charge in [-0.15, -0.1) is 0 Å². The molecule has 1 heterocycles. The summed E-state index contributed by atoms with van der Waals surface area (Å²) in [4.78, 5) is 15.9. The van der Waals surface area contributed by atoms with E-state index in [0.717, 1.165) is 19.0 Å². The van der Waals surface area contributed by atoms with E-state index in [1.54, 1.807) is 7.05 Å². The lowest BCUT2D eigenvalue weighted by atomic mass is 10.0. The van der Waals surface area contributed by atoms with Gasteiger partial charge in [-0.05, 0) is 31.7 Å². The third-order valence-corrected chi connectivity index (χ3v) is 2.89. The van der Waals surface area contributed by atoms with E-state index in [2.05, 4.69) is 29.5 Å². The molecule has 1 amide bonds. The zero-order valence-corrected chi connectivity index (χ0v) is 12.0. The third-order valence-electron chi connectivity index (χ3n) is 2.89. The number of carbonyl (C=O) groups is 1. The molecule has 19 heavy (non-hydrogen) atoms. The molecule has 0 aromatic carbocycles. The monoisotopic (exact) mass is 267 g/mol. The fourth-order valence-corrected chi connectivity index (χ4v) is 1.77. The summed E-state index contributed by atoms with van der Waals surface area (Å²) in [6, 6.07) is 1.26. The highest BCUT2D eigenvalue weighted by atomic mass is 19.1. The molecule has 4 nitrogen and oxygen atoms in total. The van der Waals surface area contributed by atoms with Gasteiger partial charge in [0.05, 0.1) is 11.8 Å². The van der Waals surface area contributed by atoms with Crippen molar-refractivity contribution in [2.45, 2.75) is 39.7 Å². The molecule has 0 radical (unpaired) electrons. The van der Waals surface area contributed by atoms with Gasteiger partial charge in [0.25, 0.3) is 5.91 Å². The standard InChI is InChI=1S/C14H22FN3O/c1-9(2)5-6-10(3)18-14(19)12-7-11(15)8-17-13(12)16-4/h7-10H,5-6H2,1-4H3,(H,16,17)(H,18,19). The summed E-state index contributed by atoms with van der Waals surface area (Å²) >= 11 is 0. The first kappa shape index (κ1) is 15.4. The fourth-order valence-electron chi connectivity index (χ4n) is 1.77. The summed E-state index contributed by atoms with van der Waals surface area (Å²) in [5, 5.41) is 5.66. The Labute approximate surface area is 113 Å². The lowest BCUT2D eigenvalue weighted by Crippen LogP contribution is -2.33. The molecule has 0 fully saturated rings. The highest BCUT2D eigenvalue weighted by Gasteiger charge is 2.15. The minimum absolute atomic E-state index is 0.0582. The van der Waals surface area contributed by atoms with Crippen LogP contribution < -0.4 is 10.6 Å². The quantitative estimate of drug-likeness (QED) is 0.833. The van der Waals surface area contributed by atoms with Gasteiger partial charge in [-0.3, -0.25) is 4.79 Å². The topological polar surface area (TPSA) is 54.0 Å². The van der Waals surface area contributed by atoms with Crippen molar-refractivity contribution in [3.63, 3.8) is 0 Å². The van der Waals surface area contributed by atoms with Crippen molar-refractivity contribution in [3.8, 4) is 0 Å². The first-order valence-corrected chi connectivity index (χ1v) is 6.58. The molecule has 0 bridgehead atoms. The second kappa shape index (κ2) is 7.07. The fraction of sp³-hybridized carbons (Fsp3) is 0.571. The van der Waals surface area contributed by atoms with Gasteiger partial charge in [-0.25, -0.2) is 9.37 Å². The van der Waals surface area contributed by atoms with E-state index >= 15 is 0 Å². The molecule has 1 atom stereocenters. The Hall–Kier alpha value is -1.65. The minimum atomic E-state index is -0.515. The predicted molar refractivity (Wildman–Crippen MR) is 74.7 cm³/mol. The zero-order valence-electron chi connectivity index (χ0n) is 12.0. The number of carbonyl (C=O) groups excluding carboxylic acids is 1. The van der Waals surface area contributed by atoms with Crippen LogP contribution in [0.5, 0.6) is 0 Å². The average Bonchev–Trinajstić information content (AvgIpc) is 2.36. The van der Waals surface area contributed by atoms with Crippen molar-refractivity contribution < 1.29 is 9.18 Å². The Morgan fingerprint density at radius 3 is 2.63 bits per heavy atom. The molecule has 1 aromatic rings. The number of halogens is 1. The molecule has 1 rings (SSSR count). The number of nitrogens with zero attached hydrogens (tertiary/aromatic N) is 1. The van der Waals surface area contributed by atoms with Crippen molar-refractivity contribution in [2.75, 3.05) is 12.4 Å². The maximum Gasteiger partial charge on any atom is 0.255 e. The number of anilines is 1. The molecular weight excluding hydrogens is 245 g/mol. The van der Waals surface area contributed by atoms with E-state index < -0.39 is 5.82 Å². The maximum atomic E-state index is 13.2. The van der Waals surface area contributed by atoms with E-state index in [0.29, 0.717) is 11.7 Å². The highest BCUT2D eigenvalue weighted by molar-refractivity contribution is 5.98. The summed E-state index contributed by atoms with van der Waals surface area (Å²) in [6.07, 6.45) is 3.04. The number of rotatable bonds is 6. The molecule has 106 valence electrons. The summed E-state index contributed by atoms with van der Waals surface area (Å²) < 4.78 is 13.2. The molecule has 0 saturated carbocycles. The number of pyridine rings is 1. The van der Waals surface area contributed by atoms with Crippen LogP contribution in [-0.4, -0.2) is 24.0 Å². The minimum Gasteiger partial charge on any atom is -0.372 e. The smallest absolute Gasteiger partial charge is 0.255 e. The molecule has 0 aliphatic heterocycles. The molecule has 0 spiro atoms. The molecule has 0 saturated heterocycles. The van der Waals surface area contributed by atoms with Crippen molar-refractivity contribution >= 4 is 11.7 Å². The number of aromatic nitrogens is 1. The van der Waals surface area contributed by atoms with Crippen LogP contribution in [0.15, 0.2) is 12.3 Å². The molecule has 0 aliphatic rings. The number of nitrogens with one attached hydrogen (secondary N) is 2. The Morgan fingerprint density at radius 2 is 2.05 bits per heavy atom. The van der Waals surface area contributed by atoms with Gasteiger partial charge in [0, 0.05) is 13.1 Å². The normalized spacial score (nSPS) is 12.3. The van der Waals surface area contributed by atoms with Crippen molar-refractivity contribution in [1.82, 2.24) is 10.3 Å². The highest BCUT2D eigenvalue weighted by Crippen LogP contribution is 2.14. The van der Waals surface area contributed by atoms with Crippen LogP contribution in [0.3, 0.4) is 0 Å². The van der Waals surface area contributed by atoms with E-state index in [4.69, 9.17) is 0 Å². The Morgan fingerprint density at radius 1 is 1.37 bits per heavy atom. The Kier molecular flexibility index (Phi) is 5.73. The van der Waals surface area contributed by atoms with E-state index in [1.165, 1.54) is 6.07 Å². The van der Waals surface area contributed by atoms with Crippen molar-refractivity contribution in [3.05, 3.63) is 23.6 Å². The summed E-state index contributed by atoms with van der Waals surface area (Å²) in [5.41, 5.74) is 0.235. The van der Waals surface area contributed by atoms with Gasteiger partial charge < -0.3 is 10.6 Å². The number of hydrogen-bond acceptors (Lipinski definition) is 3. The van der Waals surface area contributed by atoms with E-state index in [9.17, 15) is 9.18 Å². The first-order valence-electron chi connectivity index (χ1n) is 6.58. The summed E-state index contributed by atoms with van der Waals surface area (Å²) in [6.45, 7) is 6.24. The lowest BCUT2D eigenvalue weighted by Gasteiger charge is -2.16. The molecular formula is C14H22FN3O. The zero-order chi connectivity index (χ0) is 14.4. The average molecular weight is 267 g/mol.